The minimum atomic E-state index is -1.01. The Morgan fingerprint density at radius 1 is 1.30 bits per heavy atom. The van der Waals surface area contributed by atoms with Gasteiger partial charge in [-0.3, -0.25) is 0 Å². The van der Waals surface area contributed by atoms with Crippen LogP contribution >= 0.6 is 0 Å². The lowest BCUT2D eigenvalue weighted by Crippen LogP contribution is -2.27. The fraction of sp³-hybridized carbons (Fsp3) is 0.214. The van der Waals surface area contributed by atoms with Gasteiger partial charge < -0.3 is 15.2 Å². The number of aromatic carboxylic acids is 1. The fourth-order valence-electron chi connectivity index (χ4n) is 1.95. The molecular weight excluding hydrogens is 260 g/mol. The molecule has 20 heavy (non-hydrogen) atoms. The van der Waals surface area contributed by atoms with Crippen LogP contribution in [0.3, 0.4) is 0 Å². The summed E-state index contributed by atoms with van der Waals surface area (Å²) in [5.74, 6) is -0.976. The van der Waals surface area contributed by atoms with Gasteiger partial charge in [0.1, 0.15) is 11.9 Å². The number of carboxylic acid groups (broad SMARTS) is 1. The molecule has 0 aliphatic heterocycles. The Morgan fingerprint density at radius 2 is 2.05 bits per heavy atom. The number of anilines is 1. The molecule has 0 aliphatic rings. The van der Waals surface area contributed by atoms with E-state index in [4.69, 9.17) is 5.11 Å². The molecule has 0 amide bonds. The van der Waals surface area contributed by atoms with Crippen molar-refractivity contribution in [1.82, 2.24) is 4.98 Å². The number of carbonyl (C=O) groups excluding carboxylic acids is 1. The number of rotatable bonds is 4. The van der Waals surface area contributed by atoms with Crippen LogP contribution in [0.4, 0.5) is 5.82 Å². The Labute approximate surface area is 115 Å². The molecule has 0 fully saturated rings. The zero-order chi connectivity index (χ0) is 14.7. The normalized spacial score (nSPS) is 11.9. The van der Waals surface area contributed by atoms with Crippen LogP contribution in [-0.2, 0) is 9.53 Å². The highest BCUT2D eigenvalue weighted by molar-refractivity contribution is 6.06. The molecule has 1 atom stereocenters. The van der Waals surface area contributed by atoms with Gasteiger partial charge in [-0.2, -0.15) is 0 Å². The maximum absolute atomic E-state index is 11.4. The van der Waals surface area contributed by atoms with Crippen LogP contribution in [0.25, 0.3) is 10.8 Å². The number of nitrogens with zero attached hydrogens (tertiary/aromatic N) is 1. The third-order valence-corrected chi connectivity index (χ3v) is 2.94. The van der Waals surface area contributed by atoms with Crippen molar-refractivity contribution < 1.29 is 19.4 Å². The minimum absolute atomic E-state index is 0.193. The highest BCUT2D eigenvalue weighted by atomic mass is 16.5. The molecule has 0 radical (unpaired) electrons. The van der Waals surface area contributed by atoms with Crippen LogP contribution < -0.4 is 5.32 Å². The number of pyridine rings is 1. The number of methoxy groups -OCH3 is 1. The molecule has 104 valence electrons. The van der Waals surface area contributed by atoms with E-state index in [1.165, 1.54) is 19.4 Å². The largest absolute Gasteiger partial charge is 0.478 e. The van der Waals surface area contributed by atoms with Crippen molar-refractivity contribution in [3.63, 3.8) is 0 Å². The number of ether oxygens (including phenoxy) is 1. The molecule has 0 saturated carbocycles. The van der Waals surface area contributed by atoms with E-state index in [0.29, 0.717) is 16.6 Å². The van der Waals surface area contributed by atoms with Crippen LogP contribution in [0.5, 0.6) is 0 Å². The maximum atomic E-state index is 11.4. The maximum Gasteiger partial charge on any atom is 0.336 e. The van der Waals surface area contributed by atoms with Gasteiger partial charge in [-0.1, -0.05) is 12.1 Å². The first-order chi connectivity index (χ1) is 9.54. The van der Waals surface area contributed by atoms with Crippen molar-refractivity contribution in [3.8, 4) is 0 Å². The van der Waals surface area contributed by atoms with Gasteiger partial charge in [0.15, 0.2) is 0 Å². The summed E-state index contributed by atoms with van der Waals surface area (Å²) in [7, 11) is 1.31. The zero-order valence-electron chi connectivity index (χ0n) is 11.1. The lowest BCUT2D eigenvalue weighted by atomic mass is 10.1. The van der Waals surface area contributed by atoms with Crippen molar-refractivity contribution in [2.24, 2.45) is 0 Å². The van der Waals surface area contributed by atoms with Gasteiger partial charge in [-0.15, -0.1) is 0 Å². The van der Waals surface area contributed by atoms with Gasteiger partial charge in [-0.05, 0) is 19.1 Å². The van der Waals surface area contributed by atoms with E-state index in [1.54, 1.807) is 25.1 Å². The number of hydrogen-bond donors (Lipinski definition) is 2. The Balaban J connectivity index is 2.48. The number of benzene rings is 1. The molecule has 1 heterocycles. The average molecular weight is 274 g/mol. The second kappa shape index (κ2) is 5.56. The Morgan fingerprint density at radius 3 is 2.70 bits per heavy atom. The predicted octanol–water partition coefficient (Wildman–Crippen LogP) is 1.91. The van der Waals surface area contributed by atoms with Crippen LogP contribution in [0.2, 0.25) is 0 Å². The standard InChI is InChI=1S/C14H14N2O4/c1-8(14(19)20-2)16-12-10-4-3-5-11(13(17)18)9(10)6-7-15-12/h3-8H,1-2H3,(H,15,16)(H,17,18). The minimum Gasteiger partial charge on any atom is -0.478 e. The van der Waals surface area contributed by atoms with Crippen LogP contribution in [-0.4, -0.2) is 35.2 Å². The van der Waals surface area contributed by atoms with Crippen molar-refractivity contribution in [2.75, 3.05) is 12.4 Å². The molecule has 1 unspecified atom stereocenters. The smallest absolute Gasteiger partial charge is 0.336 e. The first kappa shape index (κ1) is 13.8. The zero-order valence-corrected chi connectivity index (χ0v) is 11.1. The van der Waals surface area contributed by atoms with E-state index < -0.39 is 18.0 Å². The summed E-state index contributed by atoms with van der Waals surface area (Å²) in [6.45, 7) is 1.65. The third kappa shape index (κ3) is 2.54. The highest BCUT2D eigenvalue weighted by Gasteiger charge is 2.16. The fourth-order valence-corrected chi connectivity index (χ4v) is 1.95. The summed E-state index contributed by atoms with van der Waals surface area (Å²) >= 11 is 0. The monoisotopic (exact) mass is 274 g/mol. The number of carbonyl (C=O) groups is 2. The third-order valence-electron chi connectivity index (χ3n) is 2.94. The van der Waals surface area contributed by atoms with Crippen molar-refractivity contribution in [3.05, 3.63) is 36.0 Å². The molecule has 6 heteroatoms. The predicted molar refractivity (Wildman–Crippen MR) is 73.8 cm³/mol. The number of aromatic nitrogens is 1. The van der Waals surface area contributed by atoms with Crippen LogP contribution in [0.1, 0.15) is 17.3 Å². The van der Waals surface area contributed by atoms with E-state index in [-0.39, 0.29) is 5.56 Å². The molecular formula is C14H14N2O4. The van der Waals surface area contributed by atoms with Crippen LogP contribution in [0.15, 0.2) is 30.5 Å². The van der Waals surface area contributed by atoms with Gasteiger partial charge in [0, 0.05) is 17.0 Å². The number of nitrogens with one attached hydrogen (secondary N) is 1. The summed E-state index contributed by atoms with van der Waals surface area (Å²) in [6.07, 6.45) is 1.50. The molecule has 2 N–H and O–H groups in total. The topological polar surface area (TPSA) is 88.5 Å². The van der Waals surface area contributed by atoms with Gasteiger partial charge in [0.05, 0.1) is 12.7 Å². The summed E-state index contributed by atoms with van der Waals surface area (Å²) in [5.41, 5.74) is 0.193. The molecule has 1 aromatic carbocycles. The summed E-state index contributed by atoms with van der Waals surface area (Å²) in [4.78, 5) is 26.8. The second-order valence-electron chi connectivity index (χ2n) is 4.25. The average Bonchev–Trinajstić information content (AvgIpc) is 2.45. The molecule has 2 rings (SSSR count). The summed E-state index contributed by atoms with van der Waals surface area (Å²) < 4.78 is 4.63. The number of fused-ring (bicyclic) bond motifs is 1. The van der Waals surface area contributed by atoms with Crippen molar-refractivity contribution in [1.29, 1.82) is 0 Å². The van der Waals surface area contributed by atoms with Crippen LogP contribution in [0, 0.1) is 0 Å². The van der Waals surface area contributed by atoms with Gasteiger partial charge in [0.25, 0.3) is 0 Å². The van der Waals surface area contributed by atoms with E-state index in [2.05, 4.69) is 15.0 Å². The van der Waals surface area contributed by atoms with Gasteiger partial charge in [0.2, 0.25) is 0 Å². The SMILES string of the molecule is COC(=O)C(C)Nc1nccc2c(C(=O)O)cccc12. The van der Waals surface area contributed by atoms with E-state index in [0.717, 1.165) is 0 Å². The van der Waals surface area contributed by atoms with Gasteiger partial charge in [-0.25, -0.2) is 14.6 Å². The molecule has 0 saturated heterocycles. The molecule has 0 spiro atoms. The van der Waals surface area contributed by atoms with Crippen molar-refractivity contribution in [2.45, 2.75) is 13.0 Å². The number of carboxylic acids is 1. The Kier molecular flexibility index (Phi) is 3.84. The summed E-state index contributed by atoms with van der Waals surface area (Å²) in [6, 6.07) is 5.97. The quantitative estimate of drug-likeness (QED) is 0.828. The molecule has 1 aromatic heterocycles. The second-order valence-corrected chi connectivity index (χ2v) is 4.25. The Hall–Kier alpha value is -2.63. The Bertz CT molecular complexity index is 669. The highest BCUT2D eigenvalue weighted by Crippen LogP contribution is 2.24. The molecule has 0 bridgehead atoms. The molecule has 6 nitrogen and oxygen atoms in total. The van der Waals surface area contributed by atoms with E-state index in [9.17, 15) is 9.59 Å². The lowest BCUT2D eigenvalue weighted by Gasteiger charge is -2.14. The summed E-state index contributed by atoms with van der Waals surface area (Å²) in [5, 5.41) is 13.3. The number of esters is 1. The van der Waals surface area contributed by atoms with E-state index in [1.807, 2.05) is 0 Å². The van der Waals surface area contributed by atoms with E-state index >= 15 is 0 Å². The number of hydrogen-bond acceptors (Lipinski definition) is 5. The molecule has 2 aromatic rings. The molecule has 0 aliphatic carbocycles. The first-order valence-electron chi connectivity index (χ1n) is 6.00. The lowest BCUT2D eigenvalue weighted by molar-refractivity contribution is -0.141. The first-order valence-corrected chi connectivity index (χ1v) is 6.00. The van der Waals surface area contributed by atoms with Crippen molar-refractivity contribution >= 4 is 28.5 Å². The van der Waals surface area contributed by atoms with Gasteiger partial charge >= 0.3 is 11.9 Å².